The third-order valence-electron chi connectivity index (χ3n) is 2.33. The Morgan fingerprint density at radius 3 is 2.53 bits per heavy atom. The fourth-order valence-electron chi connectivity index (χ4n) is 1.09. The Balaban J connectivity index is 3.03. The molecule has 1 aromatic carbocycles. The molecule has 96 valence electrons. The van der Waals surface area contributed by atoms with Gasteiger partial charge in [-0.2, -0.15) is 12.7 Å². The van der Waals surface area contributed by atoms with E-state index in [4.69, 9.17) is 11.6 Å². The van der Waals surface area contributed by atoms with E-state index in [1.165, 1.54) is 19.2 Å². The minimum Gasteiger partial charge on any atom is -0.504 e. The first-order valence-electron chi connectivity index (χ1n) is 4.99. The zero-order chi connectivity index (χ0) is 13.2. The smallest absolute Gasteiger partial charge is 0.301 e. The molecule has 0 radical (unpaired) electrons. The molecule has 0 saturated carbocycles. The first kappa shape index (κ1) is 14.1. The Morgan fingerprint density at radius 2 is 2.00 bits per heavy atom. The lowest BCUT2D eigenvalue weighted by atomic mass is 10.3. The molecule has 0 saturated heterocycles. The van der Waals surface area contributed by atoms with E-state index >= 15 is 0 Å². The third-order valence-corrected chi connectivity index (χ3v) is 4.29. The fraction of sp³-hybridized carbons (Fsp3) is 0.400. The second kappa shape index (κ2) is 5.12. The Morgan fingerprint density at radius 1 is 1.41 bits per heavy atom. The number of phenolic OH excluding ortho intramolecular Hbond substituents is 1. The number of halogens is 1. The molecule has 0 unspecified atom stereocenters. The Bertz CT molecular complexity index is 502. The number of nitrogens with zero attached hydrogens (tertiary/aromatic N) is 1. The van der Waals surface area contributed by atoms with Gasteiger partial charge in [0.25, 0.3) is 0 Å². The van der Waals surface area contributed by atoms with E-state index in [1.807, 2.05) is 0 Å². The van der Waals surface area contributed by atoms with Crippen LogP contribution in [0.1, 0.15) is 13.8 Å². The Hall–Kier alpha value is -0.980. The van der Waals surface area contributed by atoms with Gasteiger partial charge >= 0.3 is 10.2 Å². The summed E-state index contributed by atoms with van der Waals surface area (Å²) in [5.74, 6) is -0.283. The lowest BCUT2D eigenvalue weighted by Crippen LogP contribution is -2.37. The van der Waals surface area contributed by atoms with Crippen LogP contribution in [0.15, 0.2) is 18.2 Å². The summed E-state index contributed by atoms with van der Waals surface area (Å²) in [6.07, 6.45) is 0. The van der Waals surface area contributed by atoms with Gasteiger partial charge in [-0.3, -0.25) is 4.72 Å². The molecule has 5 nitrogen and oxygen atoms in total. The van der Waals surface area contributed by atoms with Crippen molar-refractivity contribution in [2.75, 3.05) is 11.8 Å². The van der Waals surface area contributed by atoms with Gasteiger partial charge < -0.3 is 5.11 Å². The number of phenols is 1. The van der Waals surface area contributed by atoms with Gasteiger partial charge in [-0.05, 0) is 26.0 Å². The van der Waals surface area contributed by atoms with E-state index in [0.29, 0.717) is 0 Å². The molecule has 0 aliphatic heterocycles. The summed E-state index contributed by atoms with van der Waals surface area (Å²) in [6, 6.07) is 4.28. The van der Waals surface area contributed by atoms with Gasteiger partial charge in [-0.1, -0.05) is 17.7 Å². The van der Waals surface area contributed by atoms with Crippen molar-refractivity contribution in [3.8, 4) is 5.75 Å². The van der Waals surface area contributed by atoms with Crippen molar-refractivity contribution in [3.05, 3.63) is 23.2 Å². The predicted molar refractivity (Wildman–Crippen MR) is 68.6 cm³/mol. The van der Waals surface area contributed by atoms with Crippen LogP contribution in [0.2, 0.25) is 5.02 Å². The average molecular weight is 279 g/mol. The zero-order valence-corrected chi connectivity index (χ0v) is 11.4. The Labute approximate surface area is 106 Å². The van der Waals surface area contributed by atoms with Gasteiger partial charge in [0.15, 0.2) is 5.75 Å². The topological polar surface area (TPSA) is 69.6 Å². The van der Waals surface area contributed by atoms with Crippen LogP contribution >= 0.6 is 11.6 Å². The van der Waals surface area contributed by atoms with Crippen molar-refractivity contribution in [2.24, 2.45) is 0 Å². The number of nitrogens with one attached hydrogen (secondary N) is 1. The molecular weight excluding hydrogens is 264 g/mol. The van der Waals surface area contributed by atoms with Crippen molar-refractivity contribution >= 4 is 27.5 Å². The molecule has 2 N–H and O–H groups in total. The van der Waals surface area contributed by atoms with Crippen molar-refractivity contribution in [2.45, 2.75) is 19.9 Å². The molecule has 0 amide bonds. The molecule has 1 rings (SSSR count). The van der Waals surface area contributed by atoms with Gasteiger partial charge in [0.1, 0.15) is 0 Å². The molecule has 0 aromatic heterocycles. The van der Waals surface area contributed by atoms with Gasteiger partial charge in [0.2, 0.25) is 0 Å². The molecule has 0 aliphatic rings. The number of para-hydroxylation sites is 1. The van der Waals surface area contributed by atoms with E-state index in [2.05, 4.69) is 4.72 Å². The zero-order valence-electron chi connectivity index (χ0n) is 9.81. The van der Waals surface area contributed by atoms with Crippen molar-refractivity contribution in [1.82, 2.24) is 4.31 Å². The van der Waals surface area contributed by atoms with Crippen LogP contribution in [0.25, 0.3) is 0 Å². The summed E-state index contributed by atoms with van der Waals surface area (Å²) in [4.78, 5) is 0. The number of hydrogen-bond acceptors (Lipinski definition) is 3. The monoisotopic (exact) mass is 278 g/mol. The summed E-state index contributed by atoms with van der Waals surface area (Å²) in [5.41, 5.74) is 0.0602. The maximum absolute atomic E-state index is 11.9. The summed E-state index contributed by atoms with van der Waals surface area (Å²) in [5, 5.41) is 9.70. The SMILES string of the molecule is CC(C)N(C)S(=O)(=O)Nc1cccc(Cl)c1O. The molecule has 0 heterocycles. The van der Waals surface area contributed by atoms with Gasteiger partial charge in [-0.25, -0.2) is 0 Å². The Kier molecular flexibility index (Phi) is 4.24. The second-order valence-corrected chi connectivity index (χ2v) is 5.99. The molecule has 0 spiro atoms. The third kappa shape index (κ3) is 3.24. The first-order chi connectivity index (χ1) is 7.75. The number of hydrogen-bond donors (Lipinski definition) is 2. The fourth-order valence-corrected chi connectivity index (χ4v) is 2.40. The van der Waals surface area contributed by atoms with E-state index in [0.717, 1.165) is 4.31 Å². The number of rotatable bonds is 4. The minimum atomic E-state index is -3.69. The normalized spacial score (nSPS) is 12.1. The van der Waals surface area contributed by atoms with Crippen LogP contribution in [0.5, 0.6) is 5.75 Å². The maximum atomic E-state index is 11.9. The molecule has 17 heavy (non-hydrogen) atoms. The molecule has 1 aromatic rings. The van der Waals surface area contributed by atoms with Gasteiger partial charge in [0.05, 0.1) is 10.7 Å². The standard InChI is InChI=1S/C10H15ClN2O3S/c1-7(2)13(3)17(15,16)12-9-6-4-5-8(11)10(9)14/h4-7,12,14H,1-3H3. The van der Waals surface area contributed by atoms with Crippen LogP contribution in [-0.4, -0.2) is 30.9 Å². The highest BCUT2D eigenvalue weighted by molar-refractivity contribution is 7.90. The highest BCUT2D eigenvalue weighted by Crippen LogP contribution is 2.32. The van der Waals surface area contributed by atoms with Crippen LogP contribution in [0.3, 0.4) is 0 Å². The van der Waals surface area contributed by atoms with E-state index in [9.17, 15) is 13.5 Å². The van der Waals surface area contributed by atoms with Crippen LogP contribution in [0.4, 0.5) is 5.69 Å². The van der Waals surface area contributed by atoms with Crippen LogP contribution in [-0.2, 0) is 10.2 Å². The average Bonchev–Trinajstić information content (AvgIpc) is 2.23. The van der Waals surface area contributed by atoms with Crippen LogP contribution in [0, 0.1) is 0 Å². The summed E-state index contributed by atoms with van der Waals surface area (Å²) in [6.45, 7) is 3.49. The first-order valence-corrected chi connectivity index (χ1v) is 6.80. The molecular formula is C10H15ClN2O3S. The number of anilines is 1. The number of benzene rings is 1. The lowest BCUT2D eigenvalue weighted by Gasteiger charge is -2.22. The highest BCUT2D eigenvalue weighted by atomic mass is 35.5. The number of aromatic hydroxyl groups is 1. The van der Waals surface area contributed by atoms with Crippen molar-refractivity contribution < 1.29 is 13.5 Å². The summed E-state index contributed by atoms with van der Waals surface area (Å²) < 4.78 is 27.2. The minimum absolute atomic E-state index is 0.0602. The van der Waals surface area contributed by atoms with E-state index in [1.54, 1.807) is 19.9 Å². The van der Waals surface area contributed by atoms with E-state index in [-0.39, 0.29) is 22.5 Å². The van der Waals surface area contributed by atoms with Gasteiger partial charge in [0, 0.05) is 13.1 Å². The quantitative estimate of drug-likeness (QED) is 0.828. The maximum Gasteiger partial charge on any atom is 0.301 e. The molecule has 0 fully saturated rings. The largest absolute Gasteiger partial charge is 0.504 e. The van der Waals surface area contributed by atoms with Gasteiger partial charge in [-0.15, -0.1) is 0 Å². The van der Waals surface area contributed by atoms with Crippen LogP contribution < -0.4 is 4.72 Å². The summed E-state index contributed by atoms with van der Waals surface area (Å²) in [7, 11) is -2.23. The molecule has 0 aliphatic carbocycles. The lowest BCUT2D eigenvalue weighted by molar-refractivity contribution is 0.413. The highest BCUT2D eigenvalue weighted by Gasteiger charge is 2.21. The van der Waals surface area contributed by atoms with Crippen molar-refractivity contribution in [3.63, 3.8) is 0 Å². The predicted octanol–water partition coefficient (Wildman–Crippen LogP) is 2.04. The van der Waals surface area contributed by atoms with Crippen molar-refractivity contribution in [1.29, 1.82) is 0 Å². The summed E-state index contributed by atoms with van der Waals surface area (Å²) >= 11 is 5.69. The second-order valence-electron chi connectivity index (χ2n) is 3.85. The molecule has 7 heteroatoms. The molecule has 0 bridgehead atoms. The van der Waals surface area contributed by atoms with E-state index < -0.39 is 10.2 Å². The molecule has 0 atom stereocenters.